The van der Waals surface area contributed by atoms with Crippen molar-refractivity contribution in [3.63, 3.8) is 0 Å². The van der Waals surface area contributed by atoms with E-state index in [1.54, 1.807) is 0 Å². The summed E-state index contributed by atoms with van der Waals surface area (Å²) in [5, 5.41) is 26.9. The van der Waals surface area contributed by atoms with Crippen LogP contribution in [0.2, 0.25) is 0 Å². The second-order valence-electron chi connectivity index (χ2n) is 6.55. The minimum Gasteiger partial charge on any atom is -0.396 e. The van der Waals surface area contributed by atoms with Gasteiger partial charge in [-0.05, 0) is 31.2 Å². The van der Waals surface area contributed by atoms with Gasteiger partial charge in [-0.1, -0.05) is 30.3 Å². The normalized spacial score (nSPS) is 11.8. The summed E-state index contributed by atoms with van der Waals surface area (Å²) >= 11 is 0. The van der Waals surface area contributed by atoms with Crippen molar-refractivity contribution in [3.05, 3.63) is 35.9 Å². The molecule has 0 aliphatic heterocycles. The Labute approximate surface area is 156 Å². The predicted molar refractivity (Wildman–Crippen MR) is 100 cm³/mol. The average molecular weight is 370 g/mol. The summed E-state index contributed by atoms with van der Waals surface area (Å²) in [6, 6.07) is 10.1. The largest absolute Gasteiger partial charge is 0.396 e. The molecule has 0 saturated carbocycles. The molecule has 0 amide bonds. The molecule has 0 aliphatic carbocycles. The minimum absolute atomic E-state index is 0.103. The van der Waals surface area contributed by atoms with Crippen LogP contribution < -0.4 is 0 Å². The number of aliphatic hydroxyl groups is 3. The summed E-state index contributed by atoms with van der Waals surface area (Å²) in [6.07, 6.45) is 2.53. The molecule has 1 aromatic rings. The predicted octanol–water partition coefficient (Wildman–Crippen LogP) is 1.41. The van der Waals surface area contributed by atoms with Gasteiger partial charge in [-0.2, -0.15) is 0 Å². The minimum atomic E-state index is -0.359. The molecule has 26 heavy (non-hydrogen) atoms. The van der Waals surface area contributed by atoms with Crippen LogP contribution in [0.5, 0.6) is 0 Å². The van der Waals surface area contributed by atoms with Crippen molar-refractivity contribution in [2.75, 3.05) is 59.5 Å². The number of ether oxygens (including phenoxy) is 3. The Morgan fingerprint density at radius 1 is 0.654 bits per heavy atom. The Kier molecular flexibility index (Phi) is 13.4. The third-order valence-corrected chi connectivity index (χ3v) is 3.99. The van der Waals surface area contributed by atoms with Crippen LogP contribution >= 0.6 is 0 Å². The quantitative estimate of drug-likeness (QED) is 0.359. The van der Waals surface area contributed by atoms with Gasteiger partial charge in [0.05, 0.1) is 19.8 Å². The lowest BCUT2D eigenvalue weighted by molar-refractivity contribution is -0.0728. The zero-order valence-corrected chi connectivity index (χ0v) is 15.6. The molecule has 0 radical (unpaired) electrons. The van der Waals surface area contributed by atoms with E-state index in [-0.39, 0.29) is 25.2 Å². The van der Waals surface area contributed by atoms with Gasteiger partial charge in [-0.15, -0.1) is 0 Å². The van der Waals surface area contributed by atoms with Crippen LogP contribution in [0.15, 0.2) is 30.3 Å². The standard InChI is InChI=1S/C20H34O6/c21-9-4-12-24-16-20(17-25-13-5-10-22,18-26-14-6-11-23)15-19-7-2-1-3-8-19/h1-3,7-8,21-23H,4-6,9-18H2. The van der Waals surface area contributed by atoms with Gasteiger partial charge in [0, 0.05) is 45.1 Å². The summed E-state index contributed by atoms with van der Waals surface area (Å²) in [5.74, 6) is 0. The Morgan fingerprint density at radius 2 is 1.08 bits per heavy atom. The fourth-order valence-electron chi connectivity index (χ4n) is 2.67. The van der Waals surface area contributed by atoms with E-state index >= 15 is 0 Å². The molecule has 1 rings (SSSR count). The van der Waals surface area contributed by atoms with E-state index in [4.69, 9.17) is 29.5 Å². The first-order valence-electron chi connectivity index (χ1n) is 9.36. The van der Waals surface area contributed by atoms with E-state index in [1.807, 2.05) is 18.2 Å². The van der Waals surface area contributed by atoms with Crippen LogP contribution in [0.3, 0.4) is 0 Å². The first-order valence-corrected chi connectivity index (χ1v) is 9.36. The maximum Gasteiger partial charge on any atom is 0.0569 e. The smallest absolute Gasteiger partial charge is 0.0569 e. The molecule has 150 valence electrons. The van der Waals surface area contributed by atoms with Gasteiger partial charge in [0.1, 0.15) is 0 Å². The Hall–Kier alpha value is -1.02. The summed E-state index contributed by atoms with van der Waals surface area (Å²) < 4.78 is 17.4. The maximum atomic E-state index is 8.96. The van der Waals surface area contributed by atoms with E-state index in [0.717, 1.165) is 6.42 Å². The van der Waals surface area contributed by atoms with Crippen LogP contribution in [-0.4, -0.2) is 74.8 Å². The highest BCUT2D eigenvalue weighted by Gasteiger charge is 2.32. The van der Waals surface area contributed by atoms with Gasteiger partial charge in [0.2, 0.25) is 0 Å². The van der Waals surface area contributed by atoms with Crippen LogP contribution in [0, 0.1) is 5.41 Å². The maximum absolute atomic E-state index is 8.96. The van der Waals surface area contributed by atoms with Gasteiger partial charge >= 0.3 is 0 Å². The molecule has 0 atom stereocenters. The van der Waals surface area contributed by atoms with Crippen molar-refractivity contribution in [1.82, 2.24) is 0 Å². The number of rotatable bonds is 17. The fraction of sp³-hybridized carbons (Fsp3) is 0.700. The first kappa shape index (κ1) is 23.0. The third kappa shape index (κ3) is 10.2. The molecule has 0 aromatic heterocycles. The monoisotopic (exact) mass is 370 g/mol. The molecule has 0 heterocycles. The van der Waals surface area contributed by atoms with Gasteiger partial charge < -0.3 is 29.5 Å². The molecule has 6 heteroatoms. The SMILES string of the molecule is OCCCOCC(COCCCO)(COCCCO)Cc1ccccc1. The molecule has 0 aliphatic rings. The molecule has 3 N–H and O–H groups in total. The molecule has 1 aromatic carbocycles. The van der Waals surface area contributed by atoms with Gasteiger partial charge in [0.25, 0.3) is 0 Å². The molecule has 0 bridgehead atoms. The highest BCUT2D eigenvalue weighted by molar-refractivity contribution is 5.16. The summed E-state index contributed by atoms with van der Waals surface area (Å²) in [5.41, 5.74) is 0.816. The van der Waals surface area contributed by atoms with Crippen LogP contribution in [-0.2, 0) is 20.6 Å². The Balaban J connectivity index is 2.77. The highest BCUT2D eigenvalue weighted by Crippen LogP contribution is 2.26. The average Bonchev–Trinajstić information content (AvgIpc) is 2.67. The molecule has 0 unspecified atom stereocenters. The number of benzene rings is 1. The van der Waals surface area contributed by atoms with Crippen molar-refractivity contribution >= 4 is 0 Å². The van der Waals surface area contributed by atoms with Gasteiger partial charge in [-0.25, -0.2) is 0 Å². The summed E-state index contributed by atoms with van der Waals surface area (Å²) in [7, 11) is 0. The van der Waals surface area contributed by atoms with Crippen molar-refractivity contribution in [1.29, 1.82) is 0 Å². The van der Waals surface area contributed by atoms with Crippen molar-refractivity contribution in [3.8, 4) is 0 Å². The molecule has 0 fully saturated rings. The zero-order valence-electron chi connectivity index (χ0n) is 15.6. The number of hydrogen-bond acceptors (Lipinski definition) is 6. The second kappa shape index (κ2) is 15.1. The topological polar surface area (TPSA) is 88.4 Å². The van der Waals surface area contributed by atoms with E-state index in [0.29, 0.717) is 58.9 Å². The zero-order chi connectivity index (χ0) is 18.9. The van der Waals surface area contributed by atoms with Gasteiger partial charge in [-0.3, -0.25) is 0 Å². The van der Waals surface area contributed by atoms with E-state index < -0.39 is 0 Å². The lowest BCUT2D eigenvalue weighted by atomic mass is 9.83. The molecular weight excluding hydrogens is 336 g/mol. The van der Waals surface area contributed by atoms with Crippen LogP contribution in [0.1, 0.15) is 24.8 Å². The summed E-state index contributed by atoms with van der Waals surface area (Å²) in [4.78, 5) is 0. The Bertz CT molecular complexity index is 394. The van der Waals surface area contributed by atoms with E-state index in [2.05, 4.69) is 12.1 Å². The van der Waals surface area contributed by atoms with Crippen LogP contribution in [0.4, 0.5) is 0 Å². The molecule has 0 spiro atoms. The fourth-order valence-corrected chi connectivity index (χ4v) is 2.67. The van der Waals surface area contributed by atoms with E-state index in [1.165, 1.54) is 5.56 Å². The van der Waals surface area contributed by atoms with Crippen molar-refractivity contribution < 1.29 is 29.5 Å². The third-order valence-electron chi connectivity index (χ3n) is 3.99. The van der Waals surface area contributed by atoms with E-state index in [9.17, 15) is 0 Å². The van der Waals surface area contributed by atoms with Gasteiger partial charge in [0.15, 0.2) is 0 Å². The molecule has 6 nitrogen and oxygen atoms in total. The lowest BCUT2D eigenvalue weighted by Crippen LogP contribution is -2.40. The highest BCUT2D eigenvalue weighted by atomic mass is 16.5. The van der Waals surface area contributed by atoms with Crippen molar-refractivity contribution in [2.24, 2.45) is 5.41 Å². The first-order chi connectivity index (χ1) is 12.8. The summed E-state index contributed by atoms with van der Waals surface area (Å²) in [6.45, 7) is 3.14. The molecular formula is C20H34O6. The van der Waals surface area contributed by atoms with Crippen molar-refractivity contribution in [2.45, 2.75) is 25.7 Å². The number of hydrogen-bond donors (Lipinski definition) is 3. The second-order valence-corrected chi connectivity index (χ2v) is 6.55. The lowest BCUT2D eigenvalue weighted by Gasteiger charge is -2.33. The number of aliphatic hydroxyl groups excluding tert-OH is 3. The molecule has 0 saturated heterocycles. The van der Waals surface area contributed by atoms with Crippen LogP contribution in [0.25, 0.3) is 0 Å². The Morgan fingerprint density at radius 3 is 1.46 bits per heavy atom.